The first-order valence-corrected chi connectivity index (χ1v) is 9.23. The SMILES string of the molecule is CN=C(NCCCOCC(C)C)NCc1ccc(COC(C)C)cc1.I. The van der Waals surface area contributed by atoms with Crippen LogP contribution in [0.15, 0.2) is 29.3 Å². The molecule has 0 fully saturated rings. The molecule has 0 amide bonds. The molecule has 2 N–H and O–H groups in total. The molecule has 0 spiro atoms. The standard InChI is InChI=1S/C20H35N3O2.HI/c1-16(2)14-24-12-6-11-22-20(21-5)23-13-18-7-9-19(10-8-18)15-25-17(3)4;/h7-10,16-17H,6,11-15H2,1-5H3,(H2,21,22,23);1H. The summed E-state index contributed by atoms with van der Waals surface area (Å²) in [6, 6.07) is 8.47. The van der Waals surface area contributed by atoms with Gasteiger partial charge >= 0.3 is 0 Å². The van der Waals surface area contributed by atoms with Gasteiger partial charge in [-0.2, -0.15) is 0 Å². The van der Waals surface area contributed by atoms with E-state index in [9.17, 15) is 0 Å². The molecule has 0 unspecified atom stereocenters. The van der Waals surface area contributed by atoms with E-state index >= 15 is 0 Å². The minimum Gasteiger partial charge on any atom is -0.381 e. The van der Waals surface area contributed by atoms with E-state index in [0.29, 0.717) is 12.5 Å². The number of halogens is 1. The fraction of sp³-hybridized carbons (Fsp3) is 0.650. The highest BCUT2D eigenvalue weighted by atomic mass is 127. The van der Waals surface area contributed by atoms with Gasteiger partial charge in [-0.15, -0.1) is 24.0 Å². The maximum absolute atomic E-state index is 5.61. The Morgan fingerprint density at radius 3 is 2.27 bits per heavy atom. The van der Waals surface area contributed by atoms with Crippen molar-refractivity contribution in [2.75, 3.05) is 26.8 Å². The third-order valence-electron chi connectivity index (χ3n) is 3.50. The Hall–Kier alpha value is -0.860. The zero-order chi connectivity index (χ0) is 18.5. The maximum Gasteiger partial charge on any atom is 0.191 e. The van der Waals surface area contributed by atoms with Crippen molar-refractivity contribution in [2.45, 2.75) is 53.4 Å². The van der Waals surface area contributed by atoms with Gasteiger partial charge in [-0.25, -0.2) is 0 Å². The smallest absolute Gasteiger partial charge is 0.191 e. The van der Waals surface area contributed by atoms with Gasteiger partial charge in [0.25, 0.3) is 0 Å². The summed E-state index contributed by atoms with van der Waals surface area (Å²) in [6.45, 7) is 12.3. The number of ether oxygens (including phenoxy) is 2. The molecule has 0 saturated carbocycles. The molecular weight excluding hydrogens is 441 g/mol. The van der Waals surface area contributed by atoms with Gasteiger partial charge in [-0.05, 0) is 37.3 Å². The van der Waals surface area contributed by atoms with Gasteiger partial charge in [-0.3, -0.25) is 4.99 Å². The van der Waals surface area contributed by atoms with E-state index in [0.717, 1.165) is 38.7 Å². The molecule has 26 heavy (non-hydrogen) atoms. The Labute approximate surface area is 176 Å². The van der Waals surface area contributed by atoms with Crippen LogP contribution < -0.4 is 10.6 Å². The molecule has 6 heteroatoms. The molecule has 0 heterocycles. The Morgan fingerprint density at radius 1 is 1.04 bits per heavy atom. The molecule has 5 nitrogen and oxygen atoms in total. The zero-order valence-corrected chi connectivity index (χ0v) is 19.2. The number of benzene rings is 1. The van der Waals surface area contributed by atoms with Crippen LogP contribution in [0.2, 0.25) is 0 Å². The molecule has 150 valence electrons. The van der Waals surface area contributed by atoms with Crippen molar-refractivity contribution in [3.05, 3.63) is 35.4 Å². The Bertz CT molecular complexity index is 490. The lowest BCUT2D eigenvalue weighted by atomic mass is 10.1. The molecule has 0 saturated heterocycles. The second-order valence-electron chi connectivity index (χ2n) is 6.85. The molecule has 0 aliphatic rings. The topological polar surface area (TPSA) is 54.9 Å². The molecule has 0 bridgehead atoms. The third-order valence-corrected chi connectivity index (χ3v) is 3.50. The average molecular weight is 477 g/mol. The fourth-order valence-electron chi connectivity index (χ4n) is 2.12. The number of guanidine groups is 1. The van der Waals surface area contributed by atoms with Crippen LogP contribution in [-0.4, -0.2) is 38.9 Å². The van der Waals surface area contributed by atoms with E-state index < -0.39 is 0 Å². The lowest BCUT2D eigenvalue weighted by Crippen LogP contribution is -2.37. The van der Waals surface area contributed by atoms with E-state index in [4.69, 9.17) is 9.47 Å². The molecule has 1 aromatic carbocycles. The number of aliphatic imine (C=N–C) groups is 1. The van der Waals surface area contributed by atoms with Crippen LogP contribution in [0.1, 0.15) is 45.2 Å². The first-order chi connectivity index (χ1) is 12.0. The van der Waals surface area contributed by atoms with Crippen molar-refractivity contribution in [1.82, 2.24) is 10.6 Å². The number of hydrogen-bond acceptors (Lipinski definition) is 3. The van der Waals surface area contributed by atoms with E-state index in [-0.39, 0.29) is 30.1 Å². The largest absolute Gasteiger partial charge is 0.381 e. The first-order valence-electron chi connectivity index (χ1n) is 9.23. The highest BCUT2D eigenvalue weighted by molar-refractivity contribution is 14.0. The van der Waals surface area contributed by atoms with Crippen LogP contribution in [0.25, 0.3) is 0 Å². The van der Waals surface area contributed by atoms with Crippen LogP contribution in [0.5, 0.6) is 0 Å². The second kappa shape index (κ2) is 15.2. The van der Waals surface area contributed by atoms with Gasteiger partial charge in [0.05, 0.1) is 12.7 Å². The molecular formula is C20H36IN3O2. The number of rotatable bonds is 11. The molecule has 1 aromatic rings. The summed E-state index contributed by atoms with van der Waals surface area (Å²) in [5.41, 5.74) is 2.41. The van der Waals surface area contributed by atoms with Crippen LogP contribution in [0, 0.1) is 5.92 Å². The third kappa shape index (κ3) is 12.5. The number of nitrogens with one attached hydrogen (secondary N) is 2. The van der Waals surface area contributed by atoms with Crippen LogP contribution >= 0.6 is 24.0 Å². The van der Waals surface area contributed by atoms with Gasteiger partial charge in [-0.1, -0.05) is 38.1 Å². The normalized spacial score (nSPS) is 11.6. The summed E-state index contributed by atoms with van der Waals surface area (Å²) in [7, 11) is 1.79. The van der Waals surface area contributed by atoms with E-state index in [2.05, 4.69) is 53.7 Å². The zero-order valence-electron chi connectivity index (χ0n) is 16.9. The van der Waals surface area contributed by atoms with Crippen molar-refractivity contribution in [2.24, 2.45) is 10.9 Å². The van der Waals surface area contributed by atoms with Gasteiger partial charge in [0.15, 0.2) is 5.96 Å². The van der Waals surface area contributed by atoms with Crippen molar-refractivity contribution in [3.8, 4) is 0 Å². The quantitative estimate of drug-likeness (QED) is 0.219. The highest BCUT2D eigenvalue weighted by Gasteiger charge is 2.00. The van der Waals surface area contributed by atoms with E-state index in [1.807, 2.05) is 13.8 Å². The average Bonchev–Trinajstić information content (AvgIpc) is 2.59. The monoisotopic (exact) mass is 477 g/mol. The number of hydrogen-bond donors (Lipinski definition) is 2. The molecule has 0 aliphatic heterocycles. The van der Waals surface area contributed by atoms with Crippen LogP contribution in [0.3, 0.4) is 0 Å². The summed E-state index contributed by atoms with van der Waals surface area (Å²) >= 11 is 0. The second-order valence-corrected chi connectivity index (χ2v) is 6.85. The molecule has 0 radical (unpaired) electrons. The molecule has 1 rings (SSSR count). The highest BCUT2D eigenvalue weighted by Crippen LogP contribution is 2.07. The summed E-state index contributed by atoms with van der Waals surface area (Å²) in [6.07, 6.45) is 1.23. The van der Waals surface area contributed by atoms with Crippen molar-refractivity contribution >= 4 is 29.9 Å². The summed E-state index contributed by atoms with van der Waals surface area (Å²) in [4.78, 5) is 4.25. The number of nitrogens with zero attached hydrogens (tertiary/aromatic N) is 1. The van der Waals surface area contributed by atoms with Crippen LogP contribution in [0.4, 0.5) is 0 Å². The fourth-order valence-corrected chi connectivity index (χ4v) is 2.12. The van der Waals surface area contributed by atoms with E-state index in [1.54, 1.807) is 7.05 Å². The van der Waals surface area contributed by atoms with Gasteiger partial charge in [0, 0.05) is 33.4 Å². The summed E-state index contributed by atoms with van der Waals surface area (Å²) in [5, 5.41) is 6.64. The lowest BCUT2D eigenvalue weighted by Gasteiger charge is -2.13. The summed E-state index contributed by atoms with van der Waals surface area (Å²) in [5.74, 6) is 1.40. The van der Waals surface area contributed by atoms with Crippen molar-refractivity contribution in [1.29, 1.82) is 0 Å². The van der Waals surface area contributed by atoms with Gasteiger partial charge in [0.1, 0.15) is 0 Å². The predicted octanol–water partition coefficient (Wildman–Crippen LogP) is 3.96. The van der Waals surface area contributed by atoms with Crippen molar-refractivity contribution in [3.63, 3.8) is 0 Å². The molecule has 0 aliphatic carbocycles. The minimum atomic E-state index is 0. The molecule has 0 aromatic heterocycles. The van der Waals surface area contributed by atoms with Crippen LogP contribution in [-0.2, 0) is 22.6 Å². The maximum atomic E-state index is 5.61. The Kier molecular flexibility index (Phi) is 14.7. The van der Waals surface area contributed by atoms with Gasteiger partial charge in [0.2, 0.25) is 0 Å². The predicted molar refractivity (Wildman–Crippen MR) is 120 cm³/mol. The first kappa shape index (κ1) is 25.1. The lowest BCUT2D eigenvalue weighted by molar-refractivity contribution is 0.0657. The Morgan fingerprint density at radius 2 is 1.69 bits per heavy atom. The Balaban J connectivity index is 0.00000625. The minimum absolute atomic E-state index is 0. The van der Waals surface area contributed by atoms with Crippen molar-refractivity contribution < 1.29 is 9.47 Å². The molecule has 0 atom stereocenters. The van der Waals surface area contributed by atoms with Gasteiger partial charge < -0.3 is 20.1 Å². The van der Waals surface area contributed by atoms with E-state index in [1.165, 1.54) is 11.1 Å². The summed E-state index contributed by atoms with van der Waals surface area (Å²) < 4.78 is 11.2.